The van der Waals surface area contributed by atoms with E-state index in [1.807, 2.05) is 48.5 Å². The molecule has 0 bridgehead atoms. The second-order valence-electron chi connectivity index (χ2n) is 7.35. The van der Waals surface area contributed by atoms with Gasteiger partial charge in [0.25, 0.3) is 0 Å². The van der Waals surface area contributed by atoms with E-state index in [-0.39, 0.29) is 25.4 Å². The van der Waals surface area contributed by atoms with Crippen molar-refractivity contribution in [3.63, 3.8) is 0 Å². The van der Waals surface area contributed by atoms with Crippen LogP contribution < -0.4 is 10.6 Å². The molecule has 0 aromatic heterocycles. The third kappa shape index (κ3) is 4.94. The van der Waals surface area contributed by atoms with Crippen molar-refractivity contribution in [2.24, 2.45) is 0 Å². The number of nitrogens with one attached hydrogen (secondary N) is 2. The van der Waals surface area contributed by atoms with Gasteiger partial charge in [-0.25, -0.2) is 9.59 Å². The van der Waals surface area contributed by atoms with Crippen molar-refractivity contribution in [3.05, 3.63) is 72.3 Å². The van der Waals surface area contributed by atoms with Crippen LogP contribution in [0.5, 0.6) is 0 Å². The Morgan fingerprint density at radius 3 is 2.13 bits per heavy atom. The number of ether oxygens (including phenoxy) is 1. The molecule has 3 rings (SSSR count). The molecule has 0 saturated carbocycles. The number of rotatable bonds is 9. The van der Waals surface area contributed by atoms with Crippen LogP contribution in [0.1, 0.15) is 36.8 Å². The predicted molar refractivity (Wildman–Crippen MR) is 117 cm³/mol. The van der Waals surface area contributed by atoms with Crippen molar-refractivity contribution in [3.8, 4) is 11.1 Å². The number of amides is 2. The summed E-state index contributed by atoms with van der Waals surface area (Å²) in [6.45, 7) is 5.37. The smallest absolute Gasteiger partial charge is 0.407 e. The van der Waals surface area contributed by atoms with E-state index in [1.165, 1.54) is 6.08 Å². The maximum atomic E-state index is 12.4. The first-order chi connectivity index (χ1) is 15.0. The lowest BCUT2D eigenvalue weighted by molar-refractivity contribution is -0.142. The second kappa shape index (κ2) is 9.93. The molecule has 3 N–H and O–H groups in total. The normalized spacial score (nSPS) is 14.0. The summed E-state index contributed by atoms with van der Waals surface area (Å²) in [5.41, 5.74) is 4.42. The fourth-order valence-corrected chi connectivity index (χ4v) is 3.79. The van der Waals surface area contributed by atoms with Gasteiger partial charge in [0.1, 0.15) is 18.7 Å². The lowest BCUT2D eigenvalue weighted by Crippen LogP contribution is -2.51. The third-order valence-corrected chi connectivity index (χ3v) is 5.38. The van der Waals surface area contributed by atoms with Gasteiger partial charge in [-0.1, -0.05) is 61.5 Å². The Bertz CT molecular complexity index is 942. The van der Waals surface area contributed by atoms with Gasteiger partial charge in [0.05, 0.1) is 0 Å². The van der Waals surface area contributed by atoms with E-state index in [9.17, 15) is 14.4 Å². The summed E-state index contributed by atoms with van der Waals surface area (Å²) in [6.07, 6.45) is 1.11. The summed E-state index contributed by atoms with van der Waals surface area (Å²) in [5.74, 6) is -1.82. The van der Waals surface area contributed by atoms with E-state index >= 15 is 0 Å². The Morgan fingerprint density at radius 2 is 1.61 bits per heavy atom. The van der Waals surface area contributed by atoms with Crippen LogP contribution in [0.15, 0.2) is 61.2 Å². The van der Waals surface area contributed by atoms with Crippen LogP contribution >= 0.6 is 0 Å². The molecule has 7 heteroatoms. The second-order valence-corrected chi connectivity index (χ2v) is 7.35. The number of carboxylic acid groups (broad SMARTS) is 1. The molecule has 0 saturated heterocycles. The molecule has 7 nitrogen and oxygen atoms in total. The van der Waals surface area contributed by atoms with Crippen LogP contribution in [0.3, 0.4) is 0 Å². The van der Waals surface area contributed by atoms with Gasteiger partial charge in [0.2, 0.25) is 5.91 Å². The minimum atomic E-state index is -1.13. The van der Waals surface area contributed by atoms with Crippen molar-refractivity contribution < 1.29 is 24.2 Å². The lowest BCUT2D eigenvalue weighted by atomic mass is 9.98. The van der Waals surface area contributed by atoms with Gasteiger partial charge in [-0.05, 0) is 35.1 Å². The predicted octanol–water partition coefficient (Wildman–Crippen LogP) is 3.45. The Morgan fingerprint density at radius 1 is 1.03 bits per heavy atom. The molecule has 31 heavy (non-hydrogen) atoms. The number of aliphatic carboxylic acids is 1. The average molecular weight is 422 g/mol. The zero-order valence-electron chi connectivity index (χ0n) is 17.3. The number of fused-ring (bicyclic) bond motifs is 3. The van der Waals surface area contributed by atoms with E-state index in [0.29, 0.717) is 0 Å². The van der Waals surface area contributed by atoms with Crippen LogP contribution in [-0.2, 0) is 14.3 Å². The van der Waals surface area contributed by atoms with Gasteiger partial charge in [0, 0.05) is 5.92 Å². The third-order valence-electron chi connectivity index (χ3n) is 5.38. The quantitative estimate of drug-likeness (QED) is 0.537. The first-order valence-electron chi connectivity index (χ1n) is 10.2. The summed E-state index contributed by atoms with van der Waals surface area (Å²) in [5, 5.41) is 14.1. The van der Waals surface area contributed by atoms with Gasteiger partial charge < -0.3 is 20.5 Å². The van der Waals surface area contributed by atoms with E-state index in [1.54, 1.807) is 6.92 Å². The topological polar surface area (TPSA) is 105 Å². The maximum absolute atomic E-state index is 12.4. The molecule has 1 unspecified atom stereocenters. The number of hydrogen-bond acceptors (Lipinski definition) is 4. The molecule has 1 aliphatic carbocycles. The van der Waals surface area contributed by atoms with Crippen molar-refractivity contribution >= 4 is 18.0 Å². The Hall–Kier alpha value is -3.61. The number of carboxylic acids is 1. The summed E-state index contributed by atoms with van der Waals surface area (Å²) in [4.78, 5) is 36.0. The fourth-order valence-electron chi connectivity index (χ4n) is 3.79. The average Bonchev–Trinajstić information content (AvgIpc) is 3.09. The molecule has 0 heterocycles. The molecule has 2 amide bonds. The van der Waals surface area contributed by atoms with Gasteiger partial charge in [-0.2, -0.15) is 0 Å². The van der Waals surface area contributed by atoms with Crippen molar-refractivity contribution in [1.29, 1.82) is 0 Å². The monoisotopic (exact) mass is 422 g/mol. The van der Waals surface area contributed by atoms with Crippen LogP contribution in [0.25, 0.3) is 11.1 Å². The number of hydrogen-bond donors (Lipinski definition) is 3. The van der Waals surface area contributed by atoms with Gasteiger partial charge >= 0.3 is 12.1 Å². The summed E-state index contributed by atoms with van der Waals surface area (Å²) >= 11 is 0. The lowest BCUT2D eigenvalue weighted by Gasteiger charge is -2.20. The van der Waals surface area contributed by atoms with Gasteiger partial charge in [0.15, 0.2) is 0 Å². The SMILES string of the molecule is C=CCC(NC(=O)OCC1c2ccccc2-c2ccccc21)C(=O)N[C@H](CC)C(=O)O. The molecule has 162 valence electrons. The fraction of sp³-hybridized carbons (Fsp3) is 0.292. The number of benzene rings is 2. The Balaban J connectivity index is 1.65. The molecule has 2 aromatic rings. The Kier molecular flexibility index (Phi) is 7.07. The zero-order valence-corrected chi connectivity index (χ0v) is 17.3. The van der Waals surface area contributed by atoms with E-state index in [2.05, 4.69) is 17.2 Å². The first-order valence-corrected chi connectivity index (χ1v) is 10.2. The van der Waals surface area contributed by atoms with E-state index in [0.717, 1.165) is 22.3 Å². The van der Waals surface area contributed by atoms with Crippen LogP contribution in [-0.4, -0.2) is 41.8 Å². The van der Waals surface area contributed by atoms with Crippen molar-refractivity contribution in [2.75, 3.05) is 6.61 Å². The minimum absolute atomic E-state index is 0.0960. The largest absolute Gasteiger partial charge is 0.480 e. The zero-order chi connectivity index (χ0) is 22.4. The minimum Gasteiger partial charge on any atom is -0.480 e. The molecule has 2 aromatic carbocycles. The molecule has 1 aliphatic rings. The highest BCUT2D eigenvalue weighted by atomic mass is 16.5. The Labute approximate surface area is 181 Å². The summed E-state index contributed by atoms with van der Waals surface area (Å²) < 4.78 is 5.46. The highest BCUT2D eigenvalue weighted by Crippen LogP contribution is 2.44. The van der Waals surface area contributed by atoms with Gasteiger partial charge in [-0.3, -0.25) is 4.79 Å². The highest BCUT2D eigenvalue weighted by molar-refractivity contribution is 5.89. The number of carbonyl (C=O) groups is 3. The maximum Gasteiger partial charge on any atom is 0.407 e. The highest BCUT2D eigenvalue weighted by Gasteiger charge is 2.30. The summed E-state index contributed by atoms with van der Waals surface area (Å²) in [6, 6.07) is 14.0. The number of alkyl carbamates (subject to hydrolysis) is 1. The van der Waals surface area contributed by atoms with Crippen molar-refractivity contribution in [1.82, 2.24) is 10.6 Å². The van der Waals surface area contributed by atoms with Crippen molar-refractivity contribution in [2.45, 2.75) is 37.8 Å². The molecule has 2 atom stereocenters. The molecular formula is C24H26N2O5. The molecule has 0 fully saturated rings. The first kappa shape index (κ1) is 22.1. The standard InChI is InChI=1S/C24H26N2O5/c1-3-9-21(22(27)25-20(4-2)23(28)29)26-24(30)31-14-19-17-12-7-5-10-15(17)16-11-6-8-13-18(16)19/h3,5-8,10-13,19-21H,1,4,9,14H2,2H3,(H,25,27)(H,26,30)(H,28,29)/t20-,21?/m1/s1. The van der Waals surface area contributed by atoms with Crippen LogP contribution in [0, 0.1) is 0 Å². The molecule has 0 aliphatic heterocycles. The van der Waals surface area contributed by atoms with Crippen LogP contribution in [0.2, 0.25) is 0 Å². The molecule has 0 radical (unpaired) electrons. The van der Waals surface area contributed by atoms with E-state index in [4.69, 9.17) is 9.84 Å². The number of carbonyl (C=O) groups excluding carboxylic acids is 2. The molecular weight excluding hydrogens is 396 g/mol. The van der Waals surface area contributed by atoms with Crippen LogP contribution in [0.4, 0.5) is 4.79 Å². The van der Waals surface area contributed by atoms with Gasteiger partial charge in [-0.15, -0.1) is 6.58 Å². The summed E-state index contributed by atoms with van der Waals surface area (Å²) in [7, 11) is 0. The van der Waals surface area contributed by atoms with E-state index < -0.39 is 30.1 Å². The molecule has 0 spiro atoms.